The highest BCUT2D eigenvalue weighted by molar-refractivity contribution is 5.40. The van der Waals surface area contributed by atoms with Crippen molar-refractivity contribution in [2.24, 2.45) is 5.92 Å². The van der Waals surface area contributed by atoms with E-state index in [4.69, 9.17) is 5.73 Å². The normalized spacial score (nSPS) is 16.8. The number of rotatable bonds is 8. The lowest BCUT2D eigenvalue weighted by molar-refractivity contribution is 0.254. The molecule has 0 bridgehead atoms. The SMILES string of the molecule is CCCN(CCC(C)c1ccc(N)cc1)CC1CC1. The second-order valence-corrected chi connectivity index (χ2v) is 6.10. The lowest BCUT2D eigenvalue weighted by atomic mass is 9.97. The van der Waals surface area contributed by atoms with Gasteiger partial charge in [-0.05, 0) is 68.3 Å². The molecule has 0 aliphatic heterocycles. The summed E-state index contributed by atoms with van der Waals surface area (Å²) in [4.78, 5) is 2.66. The average molecular weight is 260 g/mol. The first kappa shape index (κ1) is 14.4. The molecule has 2 heteroatoms. The van der Waals surface area contributed by atoms with Crippen molar-refractivity contribution in [2.45, 2.75) is 45.4 Å². The summed E-state index contributed by atoms with van der Waals surface area (Å²) in [6, 6.07) is 8.37. The van der Waals surface area contributed by atoms with E-state index in [1.807, 2.05) is 12.1 Å². The number of nitrogens with two attached hydrogens (primary N) is 1. The van der Waals surface area contributed by atoms with Crippen LogP contribution in [-0.4, -0.2) is 24.5 Å². The molecule has 1 atom stereocenters. The van der Waals surface area contributed by atoms with Crippen LogP contribution in [0.15, 0.2) is 24.3 Å². The molecule has 0 amide bonds. The third-order valence-electron chi connectivity index (χ3n) is 4.14. The van der Waals surface area contributed by atoms with Crippen LogP contribution in [0.2, 0.25) is 0 Å². The smallest absolute Gasteiger partial charge is 0.0314 e. The molecule has 0 heterocycles. The third-order valence-corrected chi connectivity index (χ3v) is 4.14. The standard InChI is InChI=1S/C17H28N2/c1-3-11-19(13-15-4-5-15)12-10-14(2)16-6-8-17(18)9-7-16/h6-9,14-15H,3-5,10-13,18H2,1-2H3. The first-order chi connectivity index (χ1) is 9.19. The van der Waals surface area contributed by atoms with Gasteiger partial charge in [-0.1, -0.05) is 26.0 Å². The quantitative estimate of drug-likeness (QED) is 0.719. The van der Waals surface area contributed by atoms with Gasteiger partial charge in [0.15, 0.2) is 0 Å². The zero-order valence-electron chi connectivity index (χ0n) is 12.4. The second-order valence-electron chi connectivity index (χ2n) is 6.10. The van der Waals surface area contributed by atoms with Gasteiger partial charge in [0.1, 0.15) is 0 Å². The first-order valence-corrected chi connectivity index (χ1v) is 7.76. The fraction of sp³-hybridized carbons (Fsp3) is 0.647. The van der Waals surface area contributed by atoms with Gasteiger partial charge in [0, 0.05) is 12.2 Å². The molecular formula is C17H28N2. The molecule has 1 aromatic rings. The topological polar surface area (TPSA) is 29.3 Å². The van der Waals surface area contributed by atoms with Crippen LogP contribution in [0.1, 0.15) is 51.0 Å². The molecule has 0 radical (unpaired) electrons. The minimum Gasteiger partial charge on any atom is -0.399 e. The summed E-state index contributed by atoms with van der Waals surface area (Å²) in [5.74, 6) is 1.62. The van der Waals surface area contributed by atoms with Crippen molar-refractivity contribution in [3.05, 3.63) is 29.8 Å². The average Bonchev–Trinajstić information content (AvgIpc) is 3.21. The van der Waals surface area contributed by atoms with Gasteiger partial charge in [-0.2, -0.15) is 0 Å². The number of benzene rings is 1. The fourth-order valence-corrected chi connectivity index (χ4v) is 2.64. The summed E-state index contributed by atoms with van der Waals surface area (Å²) in [7, 11) is 0. The molecule has 1 fully saturated rings. The number of hydrogen-bond acceptors (Lipinski definition) is 2. The van der Waals surface area contributed by atoms with Gasteiger partial charge in [-0.15, -0.1) is 0 Å². The molecule has 1 aliphatic carbocycles. The molecule has 2 nitrogen and oxygen atoms in total. The Kier molecular flexibility index (Phi) is 5.26. The molecule has 106 valence electrons. The predicted molar refractivity (Wildman–Crippen MR) is 83.3 cm³/mol. The Morgan fingerprint density at radius 3 is 2.47 bits per heavy atom. The Labute approximate surface area is 118 Å². The van der Waals surface area contributed by atoms with Gasteiger partial charge >= 0.3 is 0 Å². The van der Waals surface area contributed by atoms with E-state index >= 15 is 0 Å². The van der Waals surface area contributed by atoms with E-state index in [0.717, 1.165) is 11.6 Å². The number of hydrogen-bond donors (Lipinski definition) is 1. The van der Waals surface area contributed by atoms with E-state index in [1.54, 1.807) is 0 Å². The molecule has 1 aromatic carbocycles. The van der Waals surface area contributed by atoms with Crippen LogP contribution in [0.3, 0.4) is 0 Å². The van der Waals surface area contributed by atoms with Crippen LogP contribution in [0.25, 0.3) is 0 Å². The highest BCUT2D eigenvalue weighted by Crippen LogP contribution is 2.30. The van der Waals surface area contributed by atoms with Crippen molar-refractivity contribution in [3.8, 4) is 0 Å². The van der Waals surface area contributed by atoms with Gasteiger partial charge in [0.05, 0.1) is 0 Å². The molecular weight excluding hydrogens is 232 g/mol. The molecule has 19 heavy (non-hydrogen) atoms. The summed E-state index contributed by atoms with van der Waals surface area (Å²) < 4.78 is 0. The van der Waals surface area contributed by atoms with Crippen LogP contribution in [0.5, 0.6) is 0 Å². The minimum absolute atomic E-state index is 0.624. The Balaban J connectivity index is 1.79. The number of anilines is 1. The van der Waals surface area contributed by atoms with Crippen LogP contribution < -0.4 is 5.73 Å². The summed E-state index contributed by atoms with van der Waals surface area (Å²) in [5.41, 5.74) is 8.01. The molecule has 2 rings (SSSR count). The largest absolute Gasteiger partial charge is 0.399 e. The monoisotopic (exact) mass is 260 g/mol. The summed E-state index contributed by atoms with van der Waals surface area (Å²) >= 11 is 0. The van der Waals surface area contributed by atoms with E-state index in [2.05, 4.69) is 30.9 Å². The Morgan fingerprint density at radius 1 is 1.21 bits per heavy atom. The maximum Gasteiger partial charge on any atom is 0.0314 e. The lowest BCUT2D eigenvalue weighted by Crippen LogP contribution is -2.28. The maximum absolute atomic E-state index is 5.74. The molecule has 1 saturated carbocycles. The Hall–Kier alpha value is -1.02. The molecule has 0 saturated heterocycles. The molecule has 2 N–H and O–H groups in total. The lowest BCUT2D eigenvalue weighted by Gasteiger charge is -2.23. The highest BCUT2D eigenvalue weighted by atomic mass is 15.1. The zero-order chi connectivity index (χ0) is 13.7. The van der Waals surface area contributed by atoms with Crippen LogP contribution >= 0.6 is 0 Å². The van der Waals surface area contributed by atoms with Crippen molar-refractivity contribution in [3.63, 3.8) is 0 Å². The van der Waals surface area contributed by atoms with Crippen LogP contribution in [0, 0.1) is 5.92 Å². The van der Waals surface area contributed by atoms with Crippen molar-refractivity contribution in [1.82, 2.24) is 4.90 Å². The Bertz CT molecular complexity index is 367. The van der Waals surface area contributed by atoms with Crippen molar-refractivity contribution in [2.75, 3.05) is 25.4 Å². The first-order valence-electron chi connectivity index (χ1n) is 7.76. The van der Waals surface area contributed by atoms with Crippen molar-refractivity contribution < 1.29 is 0 Å². The molecule has 0 aromatic heterocycles. The number of nitrogen functional groups attached to an aromatic ring is 1. The van der Waals surface area contributed by atoms with Crippen LogP contribution in [-0.2, 0) is 0 Å². The van der Waals surface area contributed by atoms with Gasteiger partial charge in [0.2, 0.25) is 0 Å². The second kappa shape index (κ2) is 6.95. The summed E-state index contributed by atoms with van der Waals surface area (Å²) in [6.45, 7) is 8.42. The van der Waals surface area contributed by atoms with Gasteiger partial charge in [0.25, 0.3) is 0 Å². The van der Waals surface area contributed by atoms with E-state index in [1.165, 1.54) is 50.9 Å². The highest BCUT2D eigenvalue weighted by Gasteiger charge is 2.23. The Morgan fingerprint density at radius 2 is 1.89 bits per heavy atom. The summed E-state index contributed by atoms with van der Waals surface area (Å²) in [6.07, 6.45) is 5.42. The minimum atomic E-state index is 0.624. The van der Waals surface area contributed by atoms with E-state index < -0.39 is 0 Å². The van der Waals surface area contributed by atoms with Crippen LogP contribution in [0.4, 0.5) is 5.69 Å². The molecule has 1 unspecified atom stereocenters. The third kappa shape index (κ3) is 4.87. The molecule has 0 spiro atoms. The fourth-order valence-electron chi connectivity index (χ4n) is 2.64. The van der Waals surface area contributed by atoms with Gasteiger partial charge < -0.3 is 10.6 Å². The van der Waals surface area contributed by atoms with Crippen molar-refractivity contribution >= 4 is 5.69 Å². The van der Waals surface area contributed by atoms with Gasteiger partial charge in [-0.25, -0.2) is 0 Å². The zero-order valence-corrected chi connectivity index (χ0v) is 12.4. The molecule has 1 aliphatic rings. The maximum atomic E-state index is 5.74. The van der Waals surface area contributed by atoms with Crippen molar-refractivity contribution in [1.29, 1.82) is 0 Å². The van der Waals surface area contributed by atoms with Gasteiger partial charge in [-0.3, -0.25) is 0 Å². The predicted octanol–water partition coefficient (Wildman–Crippen LogP) is 3.88. The van der Waals surface area contributed by atoms with E-state index in [-0.39, 0.29) is 0 Å². The van der Waals surface area contributed by atoms with E-state index in [0.29, 0.717) is 5.92 Å². The number of nitrogens with zero attached hydrogens (tertiary/aromatic N) is 1. The van der Waals surface area contributed by atoms with E-state index in [9.17, 15) is 0 Å². The summed E-state index contributed by atoms with van der Waals surface area (Å²) in [5, 5.41) is 0.